The molecule has 3 nitrogen and oxygen atoms in total. The number of carbonyl (C=O) groups excluding carboxylic acids is 1. The molecule has 1 aliphatic carbocycles. The zero-order valence-corrected chi connectivity index (χ0v) is 14.6. The summed E-state index contributed by atoms with van der Waals surface area (Å²) in [4.78, 5) is 12.1. The summed E-state index contributed by atoms with van der Waals surface area (Å²) in [6.45, 7) is 6.63. The van der Waals surface area contributed by atoms with Gasteiger partial charge in [0, 0.05) is 11.5 Å². The summed E-state index contributed by atoms with van der Waals surface area (Å²) in [5.74, 6) is 0.400. The Labute approximate surface area is 141 Å². The maximum Gasteiger partial charge on any atom is 0.243 e. The van der Waals surface area contributed by atoms with Crippen LogP contribution >= 0.6 is 11.3 Å². The molecule has 2 aromatic rings. The van der Waals surface area contributed by atoms with Gasteiger partial charge in [0.25, 0.3) is 0 Å². The van der Waals surface area contributed by atoms with Crippen LogP contribution in [-0.2, 0) is 10.2 Å². The number of benzene rings is 1. The average Bonchev–Trinajstić information content (AvgIpc) is 3.15. The Morgan fingerprint density at radius 2 is 2.00 bits per heavy atom. The van der Waals surface area contributed by atoms with Crippen molar-refractivity contribution in [2.24, 2.45) is 11.0 Å². The van der Waals surface area contributed by atoms with Gasteiger partial charge in [-0.2, -0.15) is 16.4 Å². The Balaban J connectivity index is 1.55. The molecule has 2 atom stereocenters. The fourth-order valence-corrected chi connectivity index (χ4v) is 3.30. The number of hydrogen-bond acceptors (Lipinski definition) is 3. The topological polar surface area (TPSA) is 41.5 Å². The van der Waals surface area contributed by atoms with Crippen LogP contribution < -0.4 is 5.43 Å². The summed E-state index contributed by atoms with van der Waals surface area (Å²) in [6.07, 6.45) is 2.60. The van der Waals surface area contributed by atoms with Gasteiger partial charge in [-0.05, 0) is 45.7 Å². The second kappa shape index (κ2) is 6.28. The lowest BCUT2D eigenvalue weighted by molar-refractivity contribution is -0.122. The van der Waals surface area contributed by atoms with Crippen LogP contribution in [0.3, 0.4) is 0 Å². The van der Waals surface area contributed by atoms with Gasteiger partial charge in [-0.1, -0.05) is 45.0 Å². The van der Waals surface area contributed by atoms with E-state index >= 15 is 0 Å². The van der Waals surface area contributed by atoms with E-state index in [1.807, 2.05) is 16.8 Å². The molecule has 1 N–H and O–H groups in total. The van der Waals surface area contributed by atoms with Gasteiger partial charge >= 0.3 is 0 Å². The molecule has 0 radical (unpaired) electrons. The third-order valence-electron chi connectivity index (χ3n) is 4.26. The maximum absolute atomic E-state index is 12.1. The summed E-state index contributed by atoms with van der Waals surface area (Å²) in [6, 6.07) is 10.6. The molecule has 1 heterocycles. The van der Waals surface area contributed by atoms with Gasteiger partial charge in [0.05, 0.1) is 6.21 Å². The van der Waals surface area contributed by atoms with E-state index in [9.17, 15) is 4.79 Å². The highest BCUT2D eigenvalue weighted by Crippen LogP contribution is 2.47. The van der Waals surface area contributed by atoms with Crippen molar-refractivity contribution in [1.29, 1.82) is 0 Å². The van der Waals surface area contributed by atoms with Crippen LogP contribution in [0.25, 0.3) is 0 Å². The van der Waals surface area contributed by atoms with Crippen molar-refractivity contribution < 1.29 is 4.79 Å². The van der Waals surface area contributed by atoms with E-state index in [4.69, 9.17) is 0 Å². The van der Waals surface area contributed by atoms with Crippen molar-refractivity contribution in [2.75, 3.05) is 0 Å². The Morgan fingerprint density at radius 3 is 2.61 bits per heavy atom. The van der Waals surface area contributed by atoms with Crippen molar-refractivity contribution in [3.8, 4) is 0 Å². The smallest absolute Gasteiger partial charge is 0.243 e. The monoisotopic (exact) mass is 326 g/mol. The van der Waals surface area contributed by atoms with E-state index < -0.39 is 0 Å². The van der Waals surface area contributed by atoms with Crippen LogP contribution in [0.1, 0.15) is 49.8 Å². The minimum Gasteiger partial charge on any atom is -0.273 e. The molecule has 0 aliphatic heterocycles. The molecule has 120 valence electrons. The van der Waals surface area contributed by atoms with E-state index in [0.29, 0.717) is 5.92 Å². The molecule has 1 aromatic heterocycles. The van der Waals surface area contributed by atoms with E-state index in [0.717, 1.165) is 12.0 Å². The van der Waals surface area contributed by atoms with Crippen LogP contribution in [0.4, 0.5) is 0 Å². The molecule has 0 unspecified atom stereocenters. The highest BCUT2D eigenvalue weighted by molar-refractivity contribution is 7.08. The predicted molar refractivity (Wildman–Crippen MR) is 96.0 cm³/mol. The number of rotatable bonds is 4. The number of thiophene rings is 1. The number of nitrogens with zero attached hydrogens (tertiary/aromatic N) is 1. The molecule has 1 aromatic carbocycles. The van der Waals surface area contributed by atoms with E-state index in [2.05, 4.69) is 55.6 Å². The fraction of sp³-hybridized carbons (Fsp3) is 0.368. The number of hydrogen-bond donors (Lipinski definition) is 1. The first kappa shape index (κ1) is 15.9. The van der Waals surface area contributed by atoms with E-state index in [-0.39, 0.29) is 17.2 Å². The molecular formula is C19H22N2OS. The highest BCUT2D eigenvalue weighted by atomic mass is 32.1. The SMILES string of the molecule is CC(C)(C)c1ccc([C@@H]2C[C@@H]2C(=O)N/N=C\c2ccsc2)cc1. The van der Waals surface area contributed by atoms with E-state index in [1.165, 1.54) is 11.1 Å². The molecule has 23 heavy (non-hydrogen) atoms. The third kappa shape index (κ3) is 3.88. The number of hydrazone groups is 1. The van der Waals surface area contributed by atoms with Gasteiger partial charge in [-0.15, -0.1) is 0 Å². The molecule has 0 bridgehead atoms. The minimum absolute atomic E-state index is 0.0152. The first-order chi connectivity index (χ1) is 10.9. The second-order valence-electron chi connectivity index (χ2n) is 7.11. The van der Waals surface area contributed by atoms with Crippen LogP contribution in [0.5, 0.6) is 0 Å². The standard InChI is InChI=1S/C19H22N2OS/c1-19(2,3)15-6-4-14(5-7-15)16-10-17(16)18(22)21-20-11-13-8-9-23-12-13/h4-9,11-12,16-17H,10H2,1-3H3,(H,21,22)/b20-11-/t16-,17-/m0/s1. The molecule has 4 heteroatoms. The summed E-state index contributed by atoms with van der Waals surface area (Å²) in [5.41, 5.74) is 6.40. The lowest BCUT2D eigenvalue weighted by atomic mass is 9.86. The van der Waals surface area contributed by atoms with Crippen LogP contribution in [0.2, 0.25) is 0 Å². The van der Waals surface area contributed by atoms with Gasteiger partial charge in [0.2, 0.25) is 5.91 Å². The van der Waals surface area contributed by atoms with Crippen molar-refractivity contribution in [2.45, 2.75) is 38.5 Å². The van der Waals surface area contributed by atoms with Crippen molar-refractivity contribution in [3.05, 3.63) is 57.8 Å². The first-order valence-electron chi connectivity index (χ1n) is 7.91. The lowest BCUT2D eigenvalue weighted by Gasteiger charge is -2.19. The van der Waals surface area contributed by atoms with Gasteiger partial charge in [0.1, 0.15) is 0 Å². The van der Waals surface area contributed by atoms with Crippen molar-refractivity contribution in [1.82, 2.24) is 5.43 Å². The number of carbonyl (C=O) groups is 1. The minimum atomic E-state index is 0.0152. The summed E-state index contributed by atoms with van der Waals surface area (Å²) < 4.78 is 0. The van der Waals surface area contributed by atoms with Crippen LogP contribution in [0, 0.1) is 5.92 Å². The Bertz CT molecular complexity index is 696. The van der Waals surface area contributed by atoms with Crippen molar-refractivity contribution >= 4 is 23.5 Å². The zero-order valence-electron chi connectivity index (χ0n) is 13.7. The Kier molecular flexibility index (Phi) is 4.35. The first-order valence-corrected chi connectivity index (χ1v) is 8.85. The maximum atomic E-state index is 12.1. The van der Waals surface area contributed by atoms with Crippen LogP contribution in [0.15, 0.2) is 46.2 Å². The van der Waals surface area contributed by atoms with Gasteiger partial charge in [-0.3, -0.25) is 4.79 Å². The number of nitrogens with one attached hydrogen (secondary N) is 1. The molecule has 1 saturated carbocycles. The highest BCUT2D eigenvalue weighted by Gasteiger charge is 2.43. The normalized spacial score (nSPS) is 20.7. The fourth-order valence-electron chi connectivity index (χ4n) is 2.69. The Morgan fingerprint density at radius 1 is 1.26 bits per heavy atom. The van der Waals surface area contributed by atoms with Gasteiger partial charge in [0.15, 0.2) is 0 Å². The average molecular weight is 326 g/mol. The molecule has 0 spiro atoms. The molecular weight excluding hydrogens is 304 g/mol. The third-order valence-corrected chi connectivity index (χ3v) is 4.97. The molecule has 1 aliphatic rings. The largest absolute Gasteiger partial charge is 0.273 e. The second-order valence-corrected chi connectivity index (χ2v) is 7.89. The summed E-state index contributed by atoms with van der Waals surface area (Å²) in [7, 11) is 0. The quantitative estimate of drug-likeness (QED) is 0.660. The summed E-state index contributed by atoms with van der Waals surface area (Å²) >= 11 is 1.61. The van der Waals surface area contributed by atoms with Crippen LogP contribution in [-0.4, -0.2) is 12.1 Å². The van der Waals surface area contributed by atoms with Gasteiger partial charge < -0.3 is 0 Å². The lowest BCUT2D eigenvalue weighted by Crippen LogP contribution is -2.20. The predicted octanol–water partition coefficient (Wildman–Crippen LogP) is 4.30. The van der Waals surface area contributed by atoms with Gasteiger partial charge in [-0.25, -0.2) is 5.43 Å². The Hall–Kier alpha value is -1.94. The summed E-state index contributed by atoms with van der Waals surface area (Å²) in [5, 5.41) is 8.01. The number of amides is 1. The molecule has 0 saturated heterocycles. The molecule has 1 amide bonds. The molecule has 1 fully saturated rings. The van der Waals surface area contributed by atoms with Crippen molar-refractivity contribution in [3.63, 3.8) is 0 Å². The van der Waals surface area contributed by atoms with E-state index in [1.54, 1.807) is 17.6 Å². The zero-order chi connectivity index (χ0) is 16.4. The molecule has 3 rings (SSSR count).